The molecule has 1 aliphatic rings. The summed E-state index contributed by atoms with van der Waals surface area (Å²) in [6.07, 6.45) is 7.57. The summed E-state index contributed by atoms with van der Waals surface area (Å²) in [5.74, 6) is -0.806. The minimum absolute atomic E-state index is 0.0118. The second-order valence-corrected chi connectivity index (χ2v) is 8.20. The maximum atomic E-state index is 13.9. The molecule has 0 saturated heterocycles. The standard InChI is InChI=1S/C17H25FN2O3S/c1-24(22,23)20(16-11-7-6-10-15(16)18)13-12-17(21)19-14-8-4-2-3-5-9-14/h6-7,10-11,14H,2-5,8-9,12-13H2,1H3,(H,19,21). The molecular formula is C17H25FN2O3S. The Morgan fingerprint density at radius 1 is 1.21 bits per heavy atom. The molecule has 0 aliphatic heterocycles. The molecule has 1 aromatic carbocycles. The van der Waals surface area contributed by atoms with E-state index >= 15 is 0 Å². The van der Waals surface area contributed by atoms with E-state index in [-0.39, 0.29) is 30.6 Å². The van der Waals surface area contributed by atoms with E-state index in [4.69, 9.17) is 0 Å². The molecule has 0 atom stereocenters. The predicted molar refractivity (Wildman–Crippen MR) is 92.8 cm³/mol. The summed E-state index contributed by atoms with van der Waals surface area (Å²) < 4.78 is 38.8. The predicted octanol–water partition coefficient (Wildman–Crippen LogP) is 2.82. The molecule has 1 aromatic rings. The van der Waals surface area contributed by atoms with Crippen LogP contribution in [-0.4, -0.2) is 33.2 Å². The third-order valence-electron chi connectivity index (χ3n) is 4.28. The zero-order valence-corrected chi connectivity index (χ0v) is 14.8. The van der Waals surface area contributed by atoms with Crippen LogP contribution in [0.15, 0.2) is 24.3 Å². The highest BCUT2D eigenvalue weighted by Gasteiger charge is 2.22. The molecule has 2 rings (SSSR count). The molecule has 0 bridgehead atoms. The van der Waals surface area contributed by atoms with Gasteiger partial charge in [0.1, 0.15) is 5.82 Å². The Labute approximate surface area is 143 Å². The molecule has 134 valence electrons. The largest absolute Gasteiger partial charge is 0.353 e. The lowest BCUT2D eigenvalue weighted by Crippen LogP contribution is -2.38. The number of halogens is 1. The first-order valence-corrected chi connectivity index (χ1v) is 10.2. The highest BCUT2D eigenvalue weighted by atomic mass is 32.2. The third-order valence-corrected chi connectivity index (χ3v) is 5.46. The van der Waals surface area contributed by atoms with E-state index < -0.39 is 15.8 Å². The number of amides is 1. The fourth-order valence-corrected chi connectivity index (χ4v) is 3.97. The molecule has 0 unspecified atom stereocenters. The van der Waals surface area contributed by atoms with Crippen LogP contribution in [0.5, 0.6) is 0 Å². The molecule has 0 spiro atoms. The van der Waals surface area contributed by atoms with Crippen LogP contribution in [0.25, 0.3) is 0 Å². The van der Waals surface area contributed by atoms with E-state index in [1.54, 1.807) is 6.07 Å². The van der Waals surface area contributed by atoms with Gasteiger partial charge < -0.3 is 5.32 Å². The normalized spacial score (nSPS) is 16.4. The van der Waals surface area contributed by atoms with Crippen molar-refractivity contribution in [1.82, 2.24) is 5.32 Å². The van der Waals surface area contributed by atoms with Crippen molar-refractivity contribution in [3.8, 4) is 0 Å². The molecule has 1 amide bonds. The van der Waals surface area contributed by atoms with Gasteiger partial charge in [0.05, 0.1) is 11.9 Å². The van der Waals surface area contributed by atoms with E-state index in [9.17, 15) is 17.6 Å². The Hall–Kier alpha value is -1.63. The van der Waals surface area contributed by atoms with Gasteiger partial charge in [0.2, 0.25) is 15.9 Å². The molecule has 5 nitrogen and oxygen atoms in total. The maximum Gasteiger partial charge on any atom is 0.232 e. The minimum Gasteiger partial charge on any atom is -0.353 e. The molecule has 1 aliphatic carbocycles. The van der Waals surface area contributed by atoms with Gasteiger partial charge in [-0.1, -0.05) is 37.8 Å². The van der Waals surface area contributed by atoms with Gasteiger partial charge in [-0.15, -0.1) is 0 Å². The molecule has 24 heavy (non-hydrogen) atoms. The maximum absolute atomic E-state index is 13.9. The third kappa shape index (κ3) is 5.47. The van der Waals surface area contributed by atoms with Crippen LogP contribution in [0.3, 0.4) is 0 Å². The van der Waals surface area contributed by atoms with Gasteiger partial charge in [-0.2, -0.15) is 0 Å². The first-order valence-electron chi connectivity index (χ1n) is 8.39. The van der Waals surface area contributed by atoms with E-state index in [0.29, 0.717) is 0 Å². The summed E-state index contributed by atoms with van der Waals surface area (Å²) in [5, 5.41) is 2.98. The van der Waals surface area contributed by atoms with Crippen molar-refractivity contribution in [1.29, 1.82) is 0 Å². The highest BCUT2D eigenvalue weighted by molar-refractivity contribution is 7.92. The number of anilines is 1. The molecule has 1 N–H and O–H groups in total. The second-order valence-electron chi connectivity index (χ2n) is 6.29. The van der Waals surface area contributed by atoms with E-state index in [1.807, 2.05) is 0 Å². The van der Waals surface area contributed by atoms with E-state index in [2.05, 4.69) is 5.32 Å². The van der Waals surface area contributed by atoms with Crippen molar-refractivity contribution in [2.24, 2.45) is 0 Å². The van der Waals surface area contributed by atoms with Gasteiger partial charge in [0, 0.05) is 19.0 Å². The summed E-state index contributed by atoms with van der Waals surface area (Å²) in [6, 6.07) is 5.85. The van der Waals surface area contributed by atoms with Crippen molar-refractivity contribution < 1.29 is 17.6 Å². The fraction of sp³-hybridized carbons (Fsp3) is 0.588. The zero-order chi connectivity index (χ0) is 17.6. The number of hydrogen-bond acceptors (Lipinski definition) is 3. The topological polar surface area (TPSA) is 66.5 Å². The summed E-state index contributed by atoms with van der Waals surface area (Å²) in [7, 11) is -3.66. The van der Waals surface area contributed by atoms with Gasteiger partial charge in [-0.05, 0) is 25.0 Å². The Bertz CT molecular complexity index is 656. The Morgan fingerprint density at radius 3 is 2.42 bits per heavy atom. The molecule has 0 radical (unpaired) electrons. The van der Waals surface area contributed by atoms with Gasteiger partial charge >= 0.3 is 0 Å². The first-order chi connectivity index (χ1) is 11.4. The SMILES string of the molecule is CS(=O)(=O)N(CCC(=O)NC1CCCCCC1)c1ccccc1F. The van der Waals surface area contributed by atoms with E-state index in [1.165, 1.54) is 31.0 Å². The number of rotatable bonds is 6. The summed E-state index contributed by atoms with van der Waals surface area (Å²) in [4.78, 5) is 12.1. The lowest BCUT2D eigenvalue weighted by atomic mass is 10.1. The number of para-hydroxylation sites is 1. The quantitative estimate of drug-likeness (QED) is 0.797. The van der Waals surface area contributed by atoms with Crippen LogP contribution in [0.4, 0.5) is 10.1 Å². The van der Waals surface area contributed by atoms with Crippen molar-refractivity contribution in [3.05, 3.63) is 30.1 Å². The average Bonchev–Trinajstić information content (AvgIpc) is 2.76. The van der Waals surface area contributed by atoms with Crippen molar-refractivity contribution in [2.45, 2.75) is 51.0 Å². The number of nitrogens with one attached hydrogen (secondary N) is 1. The van der Waals surface area contributed by atoms with Crippen LogP contribution in [0, 0.1) is 5.82 Å². The lowest BCUT2D eigenvalue weighted by Gasteiger charge is -2.23. The molecule has 0 aromatic heterocycles. The Balaban J connectivity index is 1.98. The lowest BCUT2D eigenvalue weighted by molar-refractivity contribution is -0.121. The summed E-state index contributed by atoms with van der Waals surface area (Å²) >= 11 is 0. The Morgan fingerprint density at radius 2 is 1.83 bits per heavy atom. The fourth-order valence-electron chi connectivity index (χ4n) is 3.05. The number of carbonyl (C=O) groups excluding carboxylic acids is 1. The smallest absolute Gasteiger partial charge is 0.232 e. The van der Waals surface area contributed by atoms with Crippen molar-refractivity contribution in [3.63, 3.8) is 0 Å². The van der Waals surface area contributed by atoms with Crippen molar-refractivity contribution >= 4 is 21.6 Å². The van der Waals surface area contributed by atoms with Crippen LogP contribution in [0.2, 0.25) is 0 Å². The first kappa shape index (κ1) is 18.7. The van der Waals surface area contributed by atoms with Gasteiger partial charge in [0.25, 0.3) is 0 Å². The van der Waals surface area contributed by atoms with Crippen LogP contribution in [-0.2, 0) is 14.8 Å². The number of nitrogens with zero attached hydrogens (tertiary/aromatic N) is 1. The van der Waals surface area contributed by atoms with Gasteiger partial charge in [0.15, 0.2) is 0 Å². The molecule has 7 heteroatoms. The second kappa shape index (κ2) is 8.46. The summed E-state index contributed by atoms with van der Waals surface area (Å²) in [5.41, 5.74) is -0.0257. The number of hydrogen-bond donors (Lipinski definition) is 1. The Kier molecular flexibility index (Phi) is 6.60. The van der Waals surface area contributed by atoms with Crippen LogP contribution in [0.1, 0.15) is 44.9 Å². The highest BCUT2D eigenvalue weighted by Crippen LogP contribution is 2.22. The van der Waals surface area contributed by atoms with Gasteiger partial charge in [-0.25, -0.2) is 12.8 Å². The monoisotopic (exact) mass is 356 g/mol. The average molecular weight is 356 g/mol. The number of carbonyl (C=O) groups is 1. The number of benzene rings is 1. The van der Waals surface area contributed by atoms with Crippen LogP contribution >= 0.6 is 0 Å². The molecular weight excluding hydrogens is 331 g/mol. The van der Waals surface area contributed by atoms with E-state index in [0.717, 1.165) is 36.2 Å². The van der Waals surface area contributed by atoms with Gasteiger partial charge in [-0.3, -0.25) is 9.10 Å². The molecule has 1 fully saturated rings. The summed E-state index contributed by atoms with van der Waals surface area (Å²) in [6.45, 7) is -0.0711. The number of sulfonamides is 1. The van der Waals surface area contributed by atoms with Crippen LogP contribution < -0.4 is 9.62 Å². The minimum atomic E-state index is -3.66. The molecule has 1 saturated carbocycles. The van der Waals surface area contributed by atoms with Crippen molar-refractivity contribution in [2.75, 3.05) is 17.1 Å². The zero-order valence-electron chi connectivity index (χ0n) is 14.0. The molecule has 0 heterocycles.